The van der Waals surface area contributed by atoms with Crippen molar-refractivity contribution in [2.75, 3.05) is 0 Å². The van der Waals surface area contributed by atoms with Crippen molar-refractivity contribution in [2.45, 2.75) is 6.42 Å². The minimum Gasteiger partial charge on any atom is -0.243 e. The molecule has 84 valence electrons. The first-order chi connectivity index (χ1) is 8.33. The van der Waals surface area contributed by atoms with Gasteiger partial charge in [0.25, 0.3) is 0 Å². The molecule has 0 aliphatic rings. The second kappa shape index (κ2) is 4.39. The number of para-hydroxylation sites is 1. The highest BCUT2D eigenvalue weighted by atomic mass is 35.5. The maximum absolute atomic E-state index is 6.02. The van der Waals surface area contributed by atoms with Crippen LogP contribution in [0, 0.1) is 0 Å². The summed E-state index contributed by atoms with van der Waals surface area (Å²) < 4.78 is 1.19. The van der Waals surface area contributed by atoms with Gasteiger partial charge in [0.15, 0.2) is 0 Å². The molecule has 0 saturated carbocycles. The third kappa shape index (κ3) is 2.14. The fourth-order valence-electron chi connectivity index (χ4n) is 1.61. The molecule has 0 aliphatic heterocycles. The minimum absolute atomic E-state index is 0.590. The Balaban J connectivity index is 1.98. The van der Waals surface area contributed by atoms with Gasteiger partial charge in [-0.2, -0.15) is 0 Å². The van der Waals surface area contributed by atoms with E-state index in [1.807, 2.05) is 18.2 Å². The lowest BCUT2D eigenvalue weighted by atomic mass is 10.3. The maximum atomic E-state index is 6.02. The normalized spacial score (nSPS) is 10.9. The number of nitrogens with zero attached hydrogens (tertiary/aromatic N) is 3. The first-order valence-electron chi connectivity index (χ1n) is 5.12. The molecule has 3 nitrogen and oxygen atoms in total. The number of hydrogen-bond acceptors (Lipinski definition) is 4. The topological polar surface area (TPSA) is 38.7 Å². The number of fused-ring (bicyclic) bond motifs is 1. The van der Waals surface area contributed by atoms with Crippen molar-refractivity contribution in [1.29, 1.82) is 0 Å². The quantitative estimate of drug-likeness (QED) is 0.710. The van der Waals surface area contributed by atoms with Crippen LogP contribution in [-0.4, -0.2) is 15.0 Å². The fourth-order valence-corrected chi connectivity index (χ4v) is 2.75. The third-order valence-corrected chi connectivity index (χ3v) is 3.75. The molecule has 0 atom stereocenters. The molecule has 0 unspecified atom stereocenters. The Morgan fingerprint density at radius 3 is 2.94 bits per heavy atom. The SMILES string of the molecule is Clc1cncnc1Cc1nc2ccccc2s1. The van der Waals surface area contributed by atoms with E-state index < -0.39 is 0 Å². The molecule has 0 spiro atoms. The summed E-state index contributed by atoms with van der Waals surface area (Å²) in [5, 5.41) is 1.61. The van der Waals surface area contributed by atoms with Gasteiger partial charge in [0, 0.05) is 12.6 Å². The van der Waals surface area contributed by atoms with Crippen molar-refractivity contribution < 1.29 is 0 Å². The van der Waals surface area contributed by atoms with E-state index in [1.54, 1.807) is 17.5 Å². The summed E-state index contributed by atoms with van der Waals surface area (Å²) in [6, 6.07) is 8.08. The summed E-state index contributed by atoms with van der Waals surface area (Å²) in [4.78, 5) is 12.6. The zero-order chi connectivity index (χ0) is 11.7. The van der Waals surface area contributed by atoms with Crippen LogP contribution >= 0.6 is 22.9 Å². The van der Waals surface area contributed by atoms with Crippen LogP contribution < -0.4 is 0 Å². The average molecular weight is 262 g/mol. The molecule has 0 saturated heterocycles. The molecule has 1 aromatic carbocycles. The Kier molecular flexibility index (Phi) is 2.74. The van der Waals surface area contributed by atoms with Gasteiger partial charge in [-0.1, -0.05) is 23.7 Å². The molecule has 0 aliphatic carbocycles. The van der Waals surface area contributed by atoms with Gasteiger partial charge < -0.3 is 0 Å². The standard InChI is InChI=1S/C12H8ClN3S/c13-8-6-14-7-15-10(8)5-12-16-9-3-1-2-4-11(9)17-12/h1-4,6-7H,5H2. The Bertz CT molecular complexity index is 632. The van der Waals surface area contributed by atoms with E-state index in [2.05, 4.69) is 21.0 Å². The highest BCUT2D eigenvalue weighted by Crippen LogP contribution is 2.24. The summed E-state index contributed by atoms with van der Waals surface area (Å²) in [6.45, 7) is 0. The number of aromatic nitrogens is 3. The maximum Gasteiger partial charge on any atom is 0.115 e. The molecule has 0 N–H and O–H groups in total. The van der Waals surface area contributed by atoms with Crippen molar-refractivity contribution in [1.82, 2.24) is 15.0 Å². The molecule has 0 radical (unpaired) electrons. The van der Waals surface area contributed by atoms with E-state index >= 15 is 0 Å². The molecular weight excluding hydrogens is 254 g/mol. The predicted octanol–water partition coefficient (Wildman–Crippen LogP) is 3.33. The van der Waals surface area contributed by atoms with E-state index in [0.29, 0.717) is 11.4 Å². The third-order valence-electron chi connectivity index (χ3n) is 2.40. The Labute approximate surface area is 107 Å². The van der Waals surface area contributed by atoms with Crippen LogP contribution in [0.4, 0.5) is 0 Å². The van der Waals surface area contributed by atoms with Crippen LogP contribution in [0.3, 0.4) is 0 Å². The lowest BCUT2D eigenvalue weighted by Crippen LogP contribution is -1.93. The van der Waals surface area contributed by atoms with Gasteiger partial charge in [-0.05, 0) is 12.1 Å². The summed E-state index contributed by atoms with van der Waals surface area (Å²) >= 11 is 7.70. The first kappa shape index (κ1) is 10.6. The van der Waals surface area contributed by atoms with Gasteiger partial charge in [-0.15, -0.1) is 11.3 Å². The lowest BCUT2D eigenvalue weighted by molar-refractivity contribution is 1.02. The number of hydrogen-bond donors (Lipinski definition) is 0. The second-order valence-corrected chi connectivity index (χ2v) is 5.09. The zero-order valence-corrected chi connectivity index (χ0v) is 10.4. The summed E-state index contributed by atoms with van der Waals surface area (Å²) in [5.41, 5.74) is 1.85. The van der Waals surface area contributed by atoms with Crippen molar-refractivity contribution in [3.05, 3.63) is 52.5 Å². The summed E-state index contributed by atoms with van der Waals surface area (Å²) in [7, 11) is 0. The monoisotopic (exact) mass is 261 g/mol. The molecule has 17 heavy (non-hydrogen) atoms. The van der Waals surface area contributed by atoms with Gasteiger partial charge in [0.05, 0.1) is 25.9 Å². The van der Waals surface area contributed by atoms with Crippen molar-refractivity contribution in [2.24, 2.45) is 0 Å². The minimum atomic E-state index is 0.590. The van der Waals surface area contributed by atoms with E-state index in [-0.39, 0.29) is 0 Å². The van der Waals surface area contributed by atoms with Gasteiger partial charge in [-0.25, -0.2) is 15.0 Å². The van der Waals surface area contributed by atoms with Crippen LogP contribution in [-0.2, 0) is 6.42 Å². The summed E-state index contributed by atoms with van der Waals surface area (Å²) in [6.07, 6.45) is 3.77. The van der Waals surface area contributed by atoms with Crippen LogP contribution in [0.15, 0.2) is 36.8 Å². The molecule has 5 heteroatoms. The highest BCUT2D eigenvalue weighted by Gasteiger charge is 2.07. The highest BCUT2D eigenvalue weighted by molar-refractivity contribution is 7.18. The van der Waals surface area contributed by atoms with Crippen molar-refractivity contribution in [3.8, 4) is 0 Å². The predicted molar refractivity (Wildman–Crippen MR) is 69.5 cm³/mol. The van der Waals surface area contributed by atoms with E-state index in [1.165, 1.54) is 11.0 Å². The largest absolute Gasteiger partial charge is 0.243 e. The smallest absolute Gasteiger partial charge is 0.115 e. The van der Waals surface area contributed by atoms with E-state index in [4.69, 9.17) is 11.6 Å². The van der Waals surface area contributed by atoms with Crippen LogP contribution in [0.5, 0.6) is 0 Å². The fraction of sp³-hybridized carbons (Fsp3) is 0.0833. The number of benzene rings is 1. The molecule has 3 rings (SSSR count). The van der Waals surface area contributed by atoms with Gasteiger partial charge in [0.2, 0.25) is 0 Å². The van der Waals surface area contributed by atoms with Crippen LogP contribution in [0.2, 0.25) is 5.02 Å². The van der Waals surface area contributed by atoms with Gasteiger partial charge in [0.1, 0.15) is 6.33 Å². The number of rotatable bonds is 2. The molecule has 2 aromatic heterocycles. The Hall–Kier alpha value is -1.52. The molecule has 0 amide bonds. The molecule has 0 fully saturated rings. The Morgan fingerprint density at radius 2 is 2.12 bits per heavy atom. The molecular formula is C12H8ClN3S. The molecule has 3 aromatic rings. The lowest BCUT2D eigenvalue weighted by Gasteiger charge is -1.98. The Morgan fingerprint density at radius 1 is 1.24 bits per heavy atom. The summed E-state index contributed by atoms with van der Waals surface area (Å²) in [5.74, 6) is 0. The van der Waals surface area contributed by atoms with Crippen molar-refractivity contribution in [3.63, 3.8) is 0 Å². The molecule has 2 heterocycles. The number of thiazole rings is 1. The second-order valence-electron chi connectivity index (χ2n) is 3.57. The van der Waals surface area contributed by atoms with Crippen LogP contribution in [0.25, 0.3) is 10.2 Å². The van der Waals surface area contributed by atoms with E-state index in [9.17, 15) is 0 Å². The van der Waals surface area contributed by atoms with Crippen molar-refractivity contribution >= 4 is 33.2 Å². The van der Waals surface area contributed by atoms with Gasteiger partial charge in [-0.3, -0.25) is 0 Å². The van der Waals surface area contributed by atoms with E-state index in [0.717, 1.165) is 16.2 Å². The first-order valence-corrected chi connectivity index (χ1v) is 6.31. The average Bonchev–Trinajstić information content (AvgIpc) is 2.74. The van der Waals surface area contributed by atoms with Crippen LogP contribution in [0.1, 0.15) is 10.7 Å². The zero-order valence-electron chi connectivity index (χ0n) is 8.80. The van der Waals surface area contributed by atoms with Gasteiger partial charge >= 0.3 is 0 Å². The number of halogens is 1. The molecule has 0 bridgehead atoms.